The van der Waals surface area contributed by atoms with Crippen molar-refractivity contribution < 1.29 is 14.6 Å². The van der Waals surface area contributed by atoms with Gasteiger partial charge in [0, 0.05) is 6.54 Å². The number of amides is 1. The summed E-state index contributed by atoms with van der Waals surface area (Å²) in [7, 11) is 0. The molecule has 0 aliphatic rings. The van der Waals surface area contributed by atoms with Crippen LogP contribution in [0.3, 0.4) is 0 Å². The molecule has 2 N–H and O–H groups in total. The number of carbonyl (C=O) groups excluding carboxylic acids is 1. The van der Waals surface area contributed by atoms with E-state index in [1.54, 1.807) is 24.3 Å². The Kier molecular flexibility index (Phi) is 4.63. The number of hydrogen-bond donors (Lipinski definition) is 2. The van der Waals surface area contributed by atoms with Crippen LogP contribution in [0.25, 0.3) is 0 Å². The lowest BCUT2D eigenvalue weighted by Crippen LogP contribution is -2.27. The van der Waals surface area contributed by atoms with Gasteiger partial charge in [-0.3, -0.25) is 0 Å². The van der Waals surface area contributed by atoms with Gasteiger partial charge < -0.3 is 15.2 Å². The Morgan fingerprint density at radius 3 is 2.60 bits per heavy atom. The minimum atomic E-state index is -0.450. The smallest absolute Gasteiger partial charge is 0.410 e. The minimum absolute atomic E-state index is 0.0116. The average Bonchev–Trinajstić information content (AvgIpc) is 2.27. The van der Waals surface area contributed by atoms with Crippen LogP contribution in [0.4, 0.5) is 4.79 Å². The van der Waals surface area contributed by atoms with Crippen LogP contribution in [-0.4, -0.2) is 17.7 Å². The molecule has 0 spiro atoms. The topological polar surface area (TPSA) is 58.6 Å². The third kappa shape index (κ3) is 3.99. The van der Waals surface area contributed by atoms with Crippen LogP contribution in [0.1, 0.15) is 18.9 Å². The van der Waals surface area contributed by atoms with E-state index in [9.17, 15) is 4.79 Å². The summed E-state index contributed by atoms with van der Waals surface area (Å²) in [6.07, 6.45) is 0.423. The number of hydrogen-bond acceptors (Lipinski definition) is 3. The van der Waals surface area contributed by atoms with Crippen molar-refractivity contribution >= 4 is 6.09 Å². The molecule has 4 heteroatoms. The van der Waals surface area contributed by atoms with Crippen LogP contribution in [0.5, 0.6) is 5.75 Å². The van der Waals surface area contributed by atoms with Gasteiger partial charge in [-0.2, -0.15) is 0 Å². The van der Waals surface area contributed by atoms with Crippen LogP contribution in [0.2, 0.25) is 0 Å². The van der Waals surface area contributed by atoms with Crippen LogP contribution >= 0.6 is 0 Å². The molecule has 0 saturated carbocycles. The van der Waals surface area contributed by atoms with Crippen molar-refractivity contribution in [2.24, 2.45) is 0 Å². The van der Waals surface area contributed by atoms with Gasteiger partial charge in [0.15, 0.2) is 0 Å². The molecule has 0 radical (unpaired) electrons. The second-order valence-electron chi connectivity index (χ2n) is 3.12. The van der Waals surface area contributed by atoms with Crippen LogP contribution < -0.4 is 10.1 Å². The molecule has 0 aromatic heterocycles. The van der Waals surface area contributed by atoms with Crippen molar-refractivity contribution in [3.8, 4) is 5.75 Å². The first-order chi connectivity index (χ1) is 7.26. The molecule has 1 aromatic rings. The fourth-order valence-corrected chi connectivity index (χ4v) is 1.03. The number of ether oxygens (including phenoxy) is 1. The van der Waals surface area contributed by atoms with E-state index in [0.29, 0.717) is 12.3 Å². The fourth-order valence-electron chi connectivity index (χ4n) is 1.03. The number of nitrogens with one attached hydrogen (secondary N) is 1. The van der Waals surface area contributed by atoms with Crippen molar-refractivity contribution in [2.75, 3.05) is 6.54 Å². The molecule has 1 amide bonds. The van der Waals surface area contributed by atoms with Gasteiger partial charge in [0.05, 0.1) is 6.61 Å². The Balaban J connectivity index is 2.46. The van der Waals surface area contributed by atoms with Gasteiger partial charge in [0.2, 0.25) is 0 Å². The molecule has 0 bridgehead atoms. The molecule has 0 fully saturated rings. The molecule has 0 aliphatic carbocycles. The highest BCUT2D eigenvalue weighted by atomic mass is 16.5. The summed E-state index contributed by atoms with van der Waals surface area (Å²) in [6, 6.07) is 6.72. The standard InChI is InChI=1S/C11H15NO3/c1-2-7-12-11(14)15-10-5-3-9(8-13)4-6-10/h3-6,13H,2,7-8H2,1H3,(H,12,14). The Bertz CT molecular complexity index is 308. The molecule has 0 saturated heterocycles. The maximum atomic E-state index is 11.1. The summed E-state index contributed by atoms with van der Waals surface area (Å²) in [6.45, 7) is 2.56. The van der Waals surface area contributed by atoms with E-state index in [1.165, 1.54) is 0 Å². The molecular formula is C11H15NO3. The normalized spacial score (nSPS) is 9.73. The number of carbonyl (C=O) groups is 1. The molecule has 0 unspecified atom stereocenters. The maximum absolute atomic E-state index is 11.1. The molecule has 0 atom stereocenters. The van der Waals surface area contributed by atoms with E-state index in [4.69, 9.17) is 9.84 Å². The van der Waals surface area contributed by atoms with Gasteiger partial charge in [-0.25, -0.2) is 4.79 Å². The summed E-state index contributed by atoms with van der Waals surface area (Å²) in [5.74, 6) is 0.473. The third-order valence-electron chi connectivity index (χ3n) is 1.84. The van der Waals surface area contributed by atoms with Gasteiger partial charge in [-0.05, 0) is 24.1 Å². The van der Waals surface area contributed by atoms with E-state index in [1.807, 2.05) is 6.92 Å². The molecule has 0 aliphatic heterocycles. The van der Waals surface area contributed by atoms with Crippen molar-refractivity contribution in [3.05, 3.63) is 29.8 Å². The first-order valence-electron chi connectivity index (χ1n) is 4.91. The number of benzene rings is 1. The SMILES string of the molecule is CCCNC(=O)Oc1ccc(CO)cc1. The quantitative estimate of drug-likeness (QED) is 0.793. The lowest BCUT2D eigenvalue weighted by atomic mass is 10.2. The number of aliphatic hydroxyl groups excluding tert-OH is 1. The number of aliphatic hydroxyl groups is 1. The molecule has 4 nitrogen and oxygen atoms in total. The second-order valence-corrected chi connectivity index (χ2v) is 3.12. The first kappa shape index (κ1) is 11.5. The van der Waals surface area contributed by atoms with Crippen LogP contribution in [0, 0.1) is 0 Å². The predicted molar refractivity (Wildman–Crippen MR) is 56.7 cm³/mol. The summed E-state index contributed by atoms with van der Waals surface area (Å²) in [5, 5.41) is 11.4. The maximum Gasteiger partial charge on any atom is 0.412 e. The Morgan fingerprint density at radius 2 is 2.07 bits per heavy atom. The first-order valence-corrected chi connectivity index (χ1v) is 4.91. The van der Waals surface area contributed by atoms with Gasteiger partial charge in [0.25, 0.3) is 0 Å². The van der Waals surface area contributed by atoms with Crippen LogP contribution in [0.15, 0.2) is 24.3 Å². The lowest BCUT2D eigenvalue weighted by molar-refractivity contribution is 0.200. The summed E-state index contributed by atoms with van der Waals surface area (Å²) in [4.78, 5) is 11.1. The van der Waals surface area contributed by atoms with E-state index in [2.05, 4.69) is 5.32 Å². The summed E-state index contributed by atoms with van der Waals surface area (Å²) < 4.78 is 4.98. The zero-order valence-electron chi connectivity index (χ0n) is 8.69. The third-order valence-corrected chi connectivity index (χ3v) is 1.84. The molecular weight excluding hydrogens is 194 g/mol. The van der Waals surface area contributed by atoms with E-state index in [-0.39, 0.29) is 6.61 Å². The van der Waals surface area contributed by atoms with Gasteiger partial charge in [0.1, 0.15) is 5.75 Å². The van der Waals surface area contributed by atoms with E-state index in [0.717, 1.165) is 12.0 Å². The zero-order valence-corrected chi connectivity index (χ0v) is 8.69. The average molecular weight is 209 g/mol. The largest absolute Gasteiger partial charge is 0.412 e. The summed E-state index contributed by atoms with van der Waals surface area (Å²) >= 11 is 0. The van der Waals surface area contributed by atoms with E-state index >= 15 is 0 Å². The highest BCUT2D eigenvalue weighted by Crippen LogP contribution is 2.11. The predicted octanol–water partition coefficient (Wildman–Crippen LogP) is 1.68. The van der Waals surface area contributed by atoms with E-state index < -0.39 is 6.09 Å². The van der Waals surface area contributed by atoms with Gasteiger partial charge >= 0.3 is 6.09 Å². The Hall–Kier alpha value is -1.55. The number of rotatable bonds is 4. The van der Waals surface area contributed by atoms with Gasteiger partial charge in [-0.1, -0.05) is 19.1 Å². The molecule has 15 heavy (non-hydrogen) atoms. The highest BCUT2D eigenvalue weighted by Gasteiger charge is 2.02. The Morgan fingerprint density at radius 1 is 1.40 bits per heavy atom. The molecule has 82 valence electrons. The molecule has 0 heterocycles. The van der Waals surface area contributed by atoms with Crippen molar-refractivity contribution in [1.29, 1.82) is 0 Å². The van der Waals surface area contributed by atoms with Gasteiger partial charge in [-0.15, -0.1) is 0 Å². The second kappa shape index (κ2) is 6.03. The van der Waals surface area contributed by atoms with Crippen LogP contribution in [-0.2, 0) is 6.61 Å². The van der Waals surface area contributed by atoms with Crippen molar-refractivity contribution in [2.45, 2.75) is 20.0 Å². The minimum Gasteiger partial charge on any atom is -0.410 e. The molecule has 1 aromatic carbocycles. The zero-order chi connectivity index (χ0) is 11.1. The van der Waals surface area contributed by atoms with Crippen molar-refractivity contribution in [3.63, 3.8) is 0 Å². The lowest BCUT2D eigenvalue weighted by Gasteiger charge is -2.05. The fraction of sp³-hybridized carbons (Fsp3) is 0.364. The molecule has 1 rings (SSSR count). The van der Waals surface area contributed by atoms with Crippen molar-refractivity contribution in [1.82, 2.24) is 5.32 Å². The monoisotopic (exact) mass is 209 g/mol. The Labute approximate surface area is 88.9 Å². The summed E-state index contributed by atoms with van der Waals surface area (Å²) in [5.41, 5.74) is 0.788. The highest BCUT2D eigenvalue weighted by molar-refractivity contribution is 5.70.